The molecule has 1 unspecified atom stereocenters. The molecule has 0 aliphatic carbocycles. The van der Waals surface area contributed by atoms with Gasteiger partial charge in [0.15, 0.2) is 11.9 Å². The molecule has 5 atom stereocenters. The number of rotatable bonds is 25. The number of para-hydroxylation sites is 1. The molecule has 23 nitrogen and oxygen atoms in total. The van der Waals surface area contributed by atoms with Gasteiger partial charge in [0.25, 0.3) is 22.0 Å². The van der Waals surface area contributed by atoms with Crippen LogP contribution >= 0.6 is 0 Å². The summed E-state index contributed by atoms with van der Waals surface area (Å²) in [4.78, 5) is 62.3. The van der Waals surface area contributed by atoms with Crippen LogP contribution in [0.5, 0.6) is 6.01 Å². The molecule has 2 aliphatic rings. The minimum atomic E-state index is -1.81. The van der Waals surface area contributed by atoms with Crippen molar-refractivity contribution in [2.45, 2.75) is 88.4 Å². The van der Waals surface area contributed by atoms with E-state index in [2.05, 4.69) is 51.3 Å². The van der Waals surface area contributed by atoms with Gasteiger partial charge in [-0.15, -0.1) is 25.3 Å². The summed E-state index contributed by atoms with van der Waals surface area (Å²) in [7, 11) is 0. The van der Waals surface area contributed by atoms with Gasteiger partial charge in [0.2, 0.25) is 0 Å². The van der Waals surface area contributed by atoms with E-state index >= 15 is 0 Å². The van der Waals surface area contributed by atoms with Gasteiger partial charge in [0, 0.05) is 26.0 Å². The van der Waals surface area contributed by atoms with Gasteiger partial charge in [-0.2, -0.15) is 4.98 Å². The average Bonchev–Trinajstić information content (AvgIpc) is 4.29. The molecule has 0 radical (unpaired) electrons. The zero-order valence-corrected chi connectivity index (χ0v) is 45.0. The highest BCUT2D eigenvalue weighted by molar-refractivity contribution is 6.02. The first-order valence-corrected chi connectivity index (χ1v) is 26.7. The lowest BCUT2D eigenvalue weighted by molar-refractivity contribution is -0.790. The molecule has 23 heteroatoms. The van der Waals surface area contributed by atoms with Crippen molar-refractivity contribution in [2.24, 2.45) is 0 Å². The fourth-order valence-corrected chi connectivity index (χ4v) is 10.6. The van der Waals surface area contributed by atoms with Gasteiger partial charge in [-0.3, -0.25) is 4.57 Å². The summed E-state index contributed by atoms with van der Waals surface area (Å²) < 4.78 is 44.6. The Hall–Kier alpha value is -9.32. The van der Waals surface area contributed by atoms with Gasteiger partial charge in [-0.05, 0) is 82.1 Å². The van der Waals surface area contributed by atoms with E-state index in [4.69, 9.17) is 48.5 Å². The topological polar surface area (TPSA) is 265 Å². The lowest BCUT2D eigenvalue weighted by atomic mass is 9.77. The van der Waals surface area contributed by atoms with Crippen LogP contribution in [-0.4, -0.2) is 121 Å². The van der Waals surface area contributed by atoms with Crippen molar-refractivity contribution in [3.8, 4) is 28.5 Å². The quantitative estimate of drug-likeness (QED) is 0.0129. The molecular formula is C59H58N8O15. The first-order chi connectivity index (χ1) is 39.8. The second-order valence-electron chi connectivity index (χ2n) is 19.8. The molecule has 8 aromatic rings. The molecule has 0 amide bonds. The van der Waals surface area contributed by atoms with Crippen molar-refractivity contribution < 1.29 is 62.6 Å². The molecule has 2 aromatic heterocycles. The largest absolute Gasteiger partial charge is 0.512 e. The van der Waals surface area contributed by atoms with Crippen LogP contribution in [0, 0.1) is 20.2 Å². The van der Waals surface area contributed by atoms with E-state index in [0.29, 0.717) is 36.3 Å². The average molecular weight is 1120 g/mol. The number of fused-ring (bicyclic) bond motifs is 2. The second-order valence-corrected chi connectivity index (χ2v) is 19.8. The van der Waals surface area contributed by atoms with E-state index in [1.807, 2.05) is 119 Å². The Bertz CT molecular complexity index is 3400. The number of benzene rings is 6. The number of carbonyl (C=O) groups is 2. The summed E-state index contributed by atoms with van der Waals surface area (Å²) in [5.74, 6) is -2.05. The Kier molecular flexibility index (Phi) is 17.1. The van der Waals surface area contributed by atoms with Gasteiger partial charge in [0.1, 0.15) is 36.6 Å². The Labute approximate surface area is 469 Å². The molecule has 6 aromatic carbocycles. The third-order valence-electron chi connectivity index (χ3n) is 14.1. The number of ether oxygens (including phenoxy) is 7. The van der Waals surface area contributed by atoms with Crippen LogP contribution in [0.4, 0.5) is 4.79 Å². The highest BCUT2D eigenvalue weighted by Crippen LogP contribution is 2.44. The van der Waals surface area contributed by atoms with E-state index < -0.39 is 70.8 Å². The summed E-state index contributed by atoms with van der Waals surface area (Å²) in [5, 5.41) is 33.1. The van der Waals surface area contributed by atoms with Crippen LogP contribution in [0.15, 0.2) is 158 Å². The van der Waals surface area contributed by atoms with Gasteiger partial charge in [0.05, 0.1) is 43.0 Å². The number of imidazole rings is 1. The van der Waals surface area contributed by atoms with Gasteiger partial charge >= 0.3 is 12.1 Å². The Morgan fingerprint density at radius 3 is 1.99 bits per heavy atom. The van der Waals surface area contributed by atoms with Crippen molar-refractivity contribution in [1.29, 1.82) is 0 Å². The van der Waals surface area contributed by atoms with Crippen molar-refractivity contribution in [3.05, 3.63) is 206 Å². The van der Waals surface area contributed by atoms with E-state index in [0.717, 1.165) is 38.9 Å². The molecule has 0 N–H and O–H groups in total. The standard InChI is InChI=1S/C59H58N8O15/c1-4-74-56-60-48-29-18-28-47(55(68)80-58(2,3)81-57(69)79-50-38-77-52-49(37-76-53(50)52)75-34-17-16-25-44(82-67(72)73)36-78-66(70)71)51(48)64(56)35-39-30-32-40(33-31-39)45-26-14-15-27-46(45)54-61-62-63-65(54)59(41-19-8-5-9-20-41,42-21-10-6-11-22-42)43-23-12-7-13-24-43/h5-15,18-24,26-33,44,49-50,52-53H,4,16-17,25,34-38H2,1-3H3/t44?,49-,50-,52+,53-/m1/s1. The molecule has 4 heterocycles. The van der Waals surface area contributed by atoms with Crippen molar-refractivity contribution in [2.75, 3.05) is 33.0 Å². The van der Waals surface area contributed by atoms with Crippen LogP contribution in [0.2, 0.25) is 0 Å². The maximum absolute atomic E-state index is 14.2. The number of carbonyl (C=O) groups excluding carboxylic acids is 2. The highest BCUT2D eigenvalue weighted by Gasteiger charge is 2.51. The van der Waals surface area contributed by atoms with E-state index in [1.54, 1.807) is 18.2 Å². The summed E-state index contributed by atoms with van der Waals surface area (Å²) in [5.41, 5.74) is 6.53. The Balaban J connectivity index is 0.818. The Morgan fingerprint density at radius 2 is 1.35 bits per heavy atom. The third kappa shape index (κ3) is 12.2. The minimum Gasteiger partial charge on any atom is -0.465 e. The summed E-state index contributed by atoms with van der Waals surface area (Å²) in [6.07, 6.45) is -3.94. The molecular weight excluding hydrogens is 1060 g/mol. The monoisotopic (exact) mass is 1120 g/mol. The van der Waals surface area contributed by atoms with Crippen LogP contribution in [-0.2, 0) is 50.2 Å². The summed E-state index contributed by atoms with van der Waals surface area (Å²) >= 11 is 0. The number of esters is 1. The Morgan fingerprint density at radius 1 is 0.732 bits per heavy atom. The van der Waals surface area contributed by atoms with Crippen LogP contribution in [0.1, 0.15) is 72.6 Å². The molecule has 2 fully saturated rings. The zero-order chi connectivity index (χ0) is 57.2. The fourth-order valence-electron chi connectivity index (χ4n) is 10.6. The lowest BCUT2D eigenvalue weighted by Crippen LogP contribution is -2.39. The minimum absolute atomic E-state index is 0.0210. The van der Waals surface area contributed by atoms with Crippen molar-refractivity contribution in [1.82, 2.24) is 29.8 Å². The summed E-state index contributed by atoms with van der Waals surface area (Å²) in [6.45, 7) is 4.96. The maximum Gasteiger partial charge on any atom is 0.512 e. The molecule has 424 valence electrons. The normalized spacial score (nSPS) is 17.2. The predicted molar refractivity (Wildman–Crippen MR) is 292 cm³/mol. The highest BCUT2D eigenvalue weighted by atomic mass is 17.0. The predicted octanol–water partition coefficient (Wildman–Crippen LogP) is 9.20. The van der Waals surface area contributed by atoms with Crippen LogP contribution in [0.3, 0.4) is 0 Å². The van der Waals surface area contributed by atoms with Crippen LogP contribution < -0.4 is 4.74 Å². The fraction of sp³-hybridized carbons (Fsp3) is 0.322. The van der Waals surface area contributed by atoms with E-state index in [-0.39, 0.29) is 44.4 Å². The number of aromatic nitrogens is 6. The number of hydrogen-bond donors (Lipinski definition) is 0. The number of nitrogens with zero attached hydrogens (tertiary/aromatic N) is 8. The first-order valence-electron chi connectivity index (χ1n) is 26.7. The maximum atomic E-state index is 14.2. The van der Waals surface area contributed by atoms with Crippen LogP contribution in [0.25, 0.3) is 33.5 Å². The molecule has 2 saturated heterocycles. The first kappa shape index (κ1) is 56.0. The van der Waals surface area contributed by atoms with E-state index in [1.165, 1.54) is 13.8 Å². The smallest absolute Gasteiger partial charge is 0.465 e. The SMILES string of the molecule is CCOc1nc2cccc(C(=O)OC(C)(C)OC(=O)O[C@@H]3CO[C@@H]4[C@@H]3OC[C@H]4OCCCCC(CO[N+](=O)[O-])O[N+](=O)[O-])c2n1Cc1ccc(-c2ccccc2-c2nnnn2C(c2ccccc2)(c2ccccc2)c2ccccc2)cc1. The lowest BCUT2D eigenvalue weighted by Gasteiger charge is -2.36. The zero-order valence-electron chi connectivity index (χ0n) is 45.0. The van der Waals surface area contributed by atoms with E-state index in [9.17, 15) is 29.8 Å². The number of hydrogen-bond acceptors (Lipinski definition) is 19. The molecule has 2 aliphatic heterocycles. The number of unbranched alkanes of at least 4 members (excludes halogenated alkanes) is 1. The molecule has 0 spiro atoms. The van der Waals surface area contributed by atoms with Gasteiger partial charge in [-0.25, -0.2) is 14.3 Å². The van der Waals surface area contributed by atoms with Gasteiger partial charge in [-0.1, -0.05) is 146 Å². The van der Waals surface area contributed by atoms with Crippen molar-refractivity contribution >= 4 is 23.2 Å². The second kappa shape index (κ2) is 25.0. The summed E-state index contributed by atoms with van der Waals surface area (Å²) in [6, 6.07) is 52.1. The third-order valence-corrected chi connectivity index (χ3v) is 14.1. The molecule has 10 rings (SSSR count). The van der Waals surface area contributed by atoms with Gasteiger partial charge < -0.3 is 42.8 Å². The molecule has 0 bridgehead atoms. The number of tetrazole rings is 1. The van der Waals surface area contributed by atoms with Crippen molar-refractivity contribution in [3.63, 3.8) is 0 Å². The molecule has 82 heavy (non-hydrogen) atoms. The molecule has 0 saturated carbocycles.